The number of hydrogen-bond acceptors (Lipinski definition) is 6. The molecule has 118 valence electrons. The maximum Gasteiger partial charge on any atom is 0.326 e. The summed E-state index contributed by atoms with van der Waals surface area (Å²) in [5.41, 5.74) is 0.717. The van der Waals surface area contributed by atoms with Crippen LogP contribution in [0.4, 0.5) is 21.0 Å². The van der Waals surface area contributed by atoms with E-state index < -0.39 is 12.1 Å². The summed E-state index contributed by atoms with van der Waals surface area (Å²) < 4.78 is 9.32. The summed E-state index contributed by atoms with van der Waals surface area (Å²) in [6.07, 6.45) is 0. The highest BCUT2D eigenvalue weighted by molar-refractivity contribution is 7.80. The van der Waals surface area contributed by atoms with Crippen molar-refractivity contribution >= 4 is 58.2 Å². The third-order valence-corrected chi connectivity index (χ3v) is 2.76. The van der Waals surface area contributed by atoms with Crippen LogP contribution in [-0.4, -0.2) is 36.6 Å². The molecule has 22 heavy (non-hydrogen) atoms. The maximum absolute atomic E-state index is 11.7. The predicted molar refractivity (Wildman–Crippen MR) is 90.0 cm³/mol. The summed E-state index contributed by atoms with van der Waals surface area (Å²) in [7, 11) is 2.67. The van der Waals surface area contributed by atoms with Crippen LogP contribution >= 0.6 is 24.4 Å². The Morgan fingerprint density at radius 2 is 1.23 bits per heavy atom. The Morgan fingerprint density at radius 3 is 1.55 bits per heavy atom. The molecular formula is C12H14N4O4S2. The lowest BCUT2D eigenvalue weighted by molar-refractivity contribution is 0.252. The molecule has 0 aliphatic rings. The van der Waals surface area contributed by atoms with Gasteiger partial charge in [0.05, 0.1) is 25.6 Å². The lowest BCUT2D eigenvalue weighted by Crippen LogP contribution is -2.35. The first kappa shape index (κ1) is 17.6. The van der Waals surface area contributed by atoms with Crippen molar-refractivity contribution in [2.45, 2.75) is 0 Å². The molecule has 0 aliphatic carbocycles. The van der Waals surface area contributed by atoms with Crippen LogP contribution in [0.2, 0.25) is 0 Å². The average molecular weight is 342 g/mol. The number of benzene rings is 1. The summed E-state index contributed by atoms with van der Waals surface area (Å²) in [5.74, 6) is 0. The molecule has 0 bridgehead atoms. The van der Waals surface area contributed by atoms with Gasteiger partial charge in [-0.3, -0.25) is 10.6 Å². The molecule has 0 atom stereocenters. The van der Waals surface area contributed by atoms with Crippen molar-refractivity contribution < 1.29 is 19.1 Å². The van der Waals surface area contributed by atoms with Gasteiger partial charge in [0.25, 0.3) is 10.3 Å². The summed E-state index contributed by atoms with van der Waals surface area (Å²) in [6.45, 7) is 0. The molecule has 10 heteroatoms. The number of para-hydroxylation sites is 2. The van der Waals surface area contributed by atoms with Crippen LogP contribution in [0.25, 0.3) is 0 Å². The normalized spacial score (nSPS) is 9.18. The number of methoxy groups -OCH3 is 2. The largest absolute Gasteiger partial charge is 0.474 e. The van der Waals surface area contributed by atoms with E-state index >= 15 is 0 Å². The standard InChI is InChI=1S/C12H14N4O4S2/c1-19-11(21)15-9(17)13-7-5-3-4-6-8(7)14-10(18)16-12(22)20-2/h3-6H,1-2H3,(H2,13,15,17,21)(H2,14,16,18,22). The second kappa shape index (κ2) is 8.74. The zero-order valence-corrected chi connectivity index (χ0v) is 13.4. The zero-order valence-electron chi connectivity index (χ0n) is 11.8. The lowest BCUT2D eigenvalue weighted by Gasteiger charge is -2.13. The summed E-state index contributed by atoms with van der Waals surface area (Å²) >= 11 is 9.42. The SMILES string of the molecule is COC(=S)NC(=O)Nc1ccccc1NC(=O)NC(=S)OC. The van der Waals surface area contributed by atoms with Gasteiger partial charge in [-0.15, -0.1) is 0 Å². The third-order valence-electron chi connectivity index (χ3n) is 2.23. The van der Waals surface area contributed by atoms with Gasteiger partial charge in [0.2, 0.25) is 0 Å². The Labute approximate surface area is 137 Å². The first-order valence-electron chi connectivity index (χ1n) is 5.87. The van der Waals surface area contributed by atoms with Gasteiger partial charge in [-0.2, -0.15) is 0 Å². The maximum atomic E-state index is 11.7. The Balaban J connectivity index is 2.73. The molecule has 0 spiro atoms. The van der Waals surface area contributed by atoms with Crippen LogP contribution in [-0.2, 0) is 9.47 Å². The van der Waals surface area contributed by atoms with Crippen LogP contribution in [0.3, 0.4) is 0 Å². The number of ether oxygens (including phenoxy) is 2. The van der Waals surface area contributed by atoms with E-state index in [1.807, 2.05) is 0 Å². The van der Waals surface area contributed by atoms with Gasteiger partial charge < -0.3 is 20.1 Å². The highest BCUT2D eigenvalue weighted by Gasteiger charge is 2.11. The number of carbonyl (C=O) groups excluding carboxylic acids is 2. The third kappa shape index (κ3) is 5.89. The quantitative estimate of drug-likeness (QED) is 0.612. The number of urea groups is 2. The van der Waals surface area contributed by atoms with Gasteiger partial charge in [-0.05, 0) is 36.6 Å². The van der Waals surface area contributed by atoms with E-state index in [0.29, 0.717) is 11.4 Å². The van der Waals surface area contributed by atoms with E-state index in [4.69, 9.17) is 24.4 Å². The first-order chi connectivity index (χ1) is 10.5. The van der Waals surface area contributed by atoms with Crippen molar-refractivity contribution in [1.82, 2.24) is 10.6 Å². The molecule has 4 amide bonds. The topological polar surface area (TPSA) is 101 Å². The highest BCUT2D eigenvalue weighted by Crippen LogP contribution is 2.20. The van der Waals surface area contributed by atoms with E-state index in [-0.39, 0.29) is 10.3 Å². The van der Waals surface area contributed by atoms with Gasteiger partial charge in [-0.1, -0.05) is 12.1 Å². The highest BCUT2D eigenvalue weighted by atomic mass is 32.1. The number of carbonyl (C=O) groups is 2. The minimum Gasteiger partial charge on any atom is -0.474 e. The number of nitrogens with one attached hydrogen (secondary N) is 4. The molecule has 0 fully saturated rings. The molecule has 0 saturated carbocycles. The number of amides is 4. The van der Waals surface area contributed by atoms with Crippen molar-refractivity contribution in [3.63, 3.8) is 0 Å². The molecule has 0 unspecified atom stereocenters. The van der Waals surface area contributed by atoms with Crippen molar-refractivity contribution in [1.29, 1.82) is 0 Å². The number of rotatable bonds is 2. The van der Waals surface area contributed by atoms with Crippen molar-refractivity contribution in [2.75, 3.05) is 24.9 Å². The Hall–Kier alpha value is -2.46. The van der Waals surface area contributed by atoms with Crippen LogP contribution in [0.15, 0.2) is 24.3 Å². The Morgan fingerprint density at radius 1 is 0.864 bits per heavy atom. The number of anilines is 2. The van der Waals surface area contributed by atoms with E-state index in [1.165, 1.54) is 14.2 Å². The molecule has 1 aromatic rings. The zero-order chi connectivity index (χ0) is 16.5. The fourth-order valence-corrected chi connectivity index (χ4v) is 1.48. The summed E-state index contributed by atoms with van der Waals surface area (Å²) in [6, 6.07) is 5.36. The van der Waals surface area contributed by atoms with Crippen LogP contribution < -0.4 is 21.3 Å². The molecule has 1 rings (SSSR count). The van der Waals surface area contributed by atoms with Gasteiger partial charge in [0, 0.05) is 0 Å². The molecule has 8 nitrogen and oxygen atoms in total. The van der Waals surface area contributed by atoms with E-state index in [2.05, 4.69) is 30.7 Å². The Bertz CT molecular complexity index is 543. The number of thiocarbonyl (C=S) groups is 2. The lowest BCUT2D eigenvalue weighted by atomic mass is 10.2. The molecule has 4 N–H and O–H groups in total. The fraction of sp³-hybridized carbons (Fsp3) is 0.167. The molecule has 0 saturated heterocycles. The van der Waals surface area contributed by atoms with Gasteiger partial charge >= 0.3 is 12.1 Å². The van der Waals surface area contributed by atoms with Crippen molar-refractivity contribution in [2.24, 2.45) is 0 Å². The summed E-state index contributed by atoms with van der Waals surface area (Å²) in [5, 5.41) is 9.47. The molecule has 0 radical (unpaired) electrons. The van der Waals surface area contributed by atoms with Crippen LogP contribution in [0, 0.1) is 0 Å². The van der Waals surface area contributed by atoms with E-state index in [9.17, 15) is 9.59 Å². The smallest absolute Gasteiger partial charge is 0.326 e. The molecule has 0 heterocycles. The first-order valence-corrected chi connectivity index (χ1v) is 6.69. The summed E-state index contributed by atoms with van der Waals surface area (Å²) in [4.78, 5) is 23.4. The second-order valence-corrected chi connectivity index (χ2v) is 4.43. The predicted octanol–water partition coefficient (Wildman–Crippen LogP) is 1.79. The molecular weight excluding hydrogens is 328 g/mol. The second-order valence-electron chi connectivity index (χ2n) is 3.69. The van der Waals surface area contributed by atoms with Crippen LogP contribution in [0.5, 0.6) is 0 Å². The van der Waals surface area contributed by atoms with Crippen LogP contribution in [0.1, 0.15) is 0 Å². The van der Waals surface area contributed by atoms with Gasteiger partial charge in [-0.25, -0.2) is 9.59 Å². The van der Waals surface area contributed by atoms with Gasteiger partial charge in [0.15, 0.2) is 0 Å². The van der Waals surface area contributed by atoms with Crippen molar-refractivity contribution in [3.8, 4) is 0 Å². The van der Waals surface area contributed by atoms with E-state index in [1.54, 1.807) is 24.3 Å². The minimum atomic E-state index is -0.603. The average Bonchev–Trinajstić information content (AvgIpc) is 2.48. The monoisotopic (exact) mass is 342 g/mol. The molecule has 1 aromatic carbocycles. The fourth-order valence-electron chi connectivity index (χ4n) is 1.30. The Kier molecular flexibility index (Phi) is 6.99. The van der Waals surface area contributed by atoms with E-state index in [0.717, 1.165) is 0 Å². The minimum absolute atomic E-state index is 0.0777. The molecule has 0 aromatic heterocycles. The van der Waals surface area contributed by atoms with Gasteiger partial charge in [0.1, 0.15) is 0 Å². The number of hydrogen-bond donors (Lipinski definition) is 4. The molecule has 0 aliphatic heterocycles. The van der Waals surface area contributed by atoms with Crippen molar-refractivity contribution in [3.05, 3.63) is 24.3 Å².